The summed E-state index contributed by atoms with van der Waals surface area (Å²) in [7, 11) is 0. The van der Waals surface area contributed by atoms with Crippen molar-refractivity contribution in [3.8, 4) is 0 Å². The minimum Gasteiger partial charge on any atom is -0.423 e. The molecule has 0 aliphatic carbocycles. The van der Waals surface area contributed by atoms with Crippen molar-refractivity contribution < 1.29 is 9.52 Å². The van der Waals surface area contributed by atoms with Crippen LogP contribution >= 0.6 is 0 Å². The monoisotopic (exact) mass is 235 g/mol. The van der Waals surface area contributed by atoms with Crippen molar-refractivity contribution in [1.29, 1.82) is 0 Å². The molecule has 0 fully saturated rings. The van der Waals surface area contributed by atoms with Gasteiger partial charge in [-0.15, -0.1) is 0 Å². The lowest BCUT2D eigenvalue weighted by Crippen LogP contribution is -2.29. The van der Waals surface area contributed by atoms with Gasteiger partial charge in [0.1, 0.15) is 5.52 Å². The number of nitrogen functional groups attached to an aromatic ring is 1. The molecule has 5 heteroatoms. The van der Waals surface area contributed by atoms with E-state index in [-0.39, 0.29) is 18.6 Å². The van der Waals surface area contributed by atoms with E-state index in [0.29, 0.717) is 22.8 Å². The van der Waals surface area contributed by atoms with Gasteiger partial charge in [0.15, 0.2) is 5.58 Å². The third-order valence-corrected chi connectivity index (χ3v) is 2.76. The number of rotatable bonds is 4. The molecule has 1 heterocycles. The molecule has 1 aromatic carbocycles. The van der Waals surface area contributed by atoms with Crippen LogP contribution in [0.1, 0.15) is 13.8 Å². The summed E-state index contributed by atoms with van der Waals surface area (Å²) in [5, 5.41) is 12.3. The highest BCUT2D eigenvalue weighted by atomic mass is 16.4. The first kappa shape index (κ1) is 11.7. The molecule has 1 aromatic heterocycles. The highest BCUT2D eigenvalue weighted by Crippen LogP contribution is 2.24. The number of nitrogens with zero attached hydrogens (tertiary/aromatic N) is 1. The molecule has 2 rings (SSSR count). The van der Waals surface area contributed by atoms with E-state index in [4.69, 9.17) is 10.2 Å². The van der Waals surface area contributed by atoms with Crippen LogP contribution in [-0.2, 0) is 0 Å². The maximum atomic E-state index is 9.23. The molecule has 17 heavy (non-hydrogen) atoms. The standard InChI is InChI=1S/C12H17N3O2/c1-7(2)9(6-16)14-12-15-11-8(13)4-3-5-10(11)17-12/h3-5,7,9,16H,6,13H2,1-2H3,(H,14,15)/t9-/m1/s1. The first-order chi connectivity index (χ1) is 8.11. The third kappa shape index (κ3) is 2.34. The lowest BCUT2D eigenvalue weighted by molar-refractivity contribution is 0.247. The Morgan fingerprint density at radius 2 is 2.24 bits per heavy atom. The van der Waals surface area contributed by atoms with Gasteiger partial charge >= 0.3 is 0 Å². The summed E-state index contributed by atoms with van der Waals surface area (Å²) in [6.07, 6.45) is 0. The van der Waals surface area contributed by atoms with Crippen molar-refractivity contribution in [1.82, 2.24) is 4.98 Å². The number of para-hydroxylation sites is 1. The molecule has 2 aromatic rings. The van der Waals surface area contributed by atoms with Gasteiger partial charge in [-0.3, -0.25) is 0 Å². The zero-order valence-electron chi connectivity index (χ0n) is 9.97. The lowest BCUT2D eigenvalue weighted by Gasteiger charge is -2.18. The van der Waals surface area contributed by atoms with Gasteiger partial charge in [0.05, 0.1) is 18.3 Å². The molecule has 0 spiro atoms. The summed E-state index contributed by atoms with van der Waals surface area (Å²) in [5.74, 6) is 0.285. The number of nitrogens with one attached hydrogen (secondary N) is 1. The summed E-state index contributed by atoms with van der Waals surface area (Å²) < 4.78 is 5.52. The fourth-order valence-electron chi connectivity index (χ4n) is 1.61. The predicted octanol–water partition coefficient (Wildman–Crippen LogP) is 1.84. The molecule has 0 amide bonds. The summed E-state index contributed by atoms with van der Waals surface area (Å²) in [4.78, 5) is 4.27. The van der Waals surface area contributed by atoms with Crippen LogP contribution in [0.5, 0.6) is 0 Å². The normalized spacial score (nSPS) is 13.2. The van der Waals surface area contributed by atoms with E-state index in [9.17, 15) is 5.11 Å². The number of nitrogens with two attached hydrogens (primary N) is 1. The number of hydrogen-bond donors (Lipinski definition) is 3. The number of aliphatic hydroxyl groups excluding tert-OH is 1. The molecule has 92 valence electrons. The zero-order valence-corrected chi connectivity index (χ0v) is 9.97. The van der Waals surface area contributed by atoms with Gasteiger partial charge in [-0.05, 0) is 18.1 Å². The molecular weight excluding hydrogens is 218 g/mol. The summed E-state index contributed by atoms with van der Waals surface area (Å²) in [6, 6.07) is 5.72. The molecule has 4 N–H and O–H groups in total. The van der Waals surface area contributed by atoms with E-state index in [1.807, 2.05) is 26.0 Å². The molecule has 0 aliphatic heterocycles. The van der Waals surface area contributed by atoms with Crippen LogP contribution in [0.25, 0.3) is 11.1 Å². The second kappa shape index (κ2) is 4.63. The minimum atomic E-state index is -0.0794. The van der Waals surface area contributed by atoms with E-state index in [1.165, 1.54) is 0 Å². The molecule has 0 bridgehead atoms. The van der Waals surface area contributed by atoms with E-state index >= 15 is 0 Å². The van der Waals surface area contributed by atoms with Crippen molar-refractivity contribution in [3.63, 3.8) is 0 Å². The third-order valence-electron chi connectivity index (χ3n) is 2.76. The van der Waals surface area contributed by atoms with Gasteiger partial charge in [0, 0.05) is 0 Å². The number of oxazole rings is 1. The second-order valence-corrected chi connectivity index (χ2v) is 4.39. The molecule has 0 saturated heterocycles. The Morgan fingerprint density at radius 3 is 2.82 bits per heavy atom. The van der Waals surface area contributed by atoms with Crippen LogP contribution in [0.3, 0.4) is 0 Å². The Kier molecular flexibility index (Phi) is 3.19. The highest BCUT2D eigenvalue weighted by Gasteiger charge is 2.15. The van der Waals surface area contributed by atoms with Gasteiger partial charge < -0.3 is 20.6 Å². The fourth-order valence-corrected chi connectivity index (χ4v) is 1.61. The Labute approximate surface area is 99.6 Å². The number of aliphatic hydroxyl groups is 1. The number of anilines is 2. The number of hydrogen-bond acceptors (Lipinski definition) is 5. The van der Waals surface area contributed by atoms with Crippen LogP contribution < -0.4 is 11.1 Å². The van der Waals surface area contributed by atoms with E-state index < -0.39 is 0 Å². The molecule has 0 radical (unpaired) electrons. The van der Waals surface area contributed by atoms with Crippen LogP contribution in [0, 0.1) is 5.92 Å². The Morgan fingerprint density at radius 1 is 1.47 bits per heavy atom. The van der Waals surface area contributed by atoms with E-state index in [1.54, 1.807) is 6.07 Å². The van der Waals surface area contributed by atoms with E-state index in [2.05, 4.69) is 10.3 Å². The average Bonchev–Trinajstić information content (AvgIpc) is 2.69. The zero-order chi connectivity index (χ0) is 12.4. The smallest absolute Gasteiger partial charge is 0.296 e. The number of fused-ring (bicyclic) bond motifs is 1. The van der Waals surface area contributed by atoms with Crippen LogP contribution in [0.15, 0.2) is 22.6 Å². The van der Waals surface area contributed by atoms with Crippen molar-refractivity contribution in [2.75, 3.05) is 17.7 Å². The molecule has 5 nitrogen and oxygen atoms in total. The van der Waals surface area contributed by atoms with Crippen molar-refractivity contribution in [2.24, 2.45) is 5.92 Å². The Balaban J connectivity index is 2.28. The molecule has 0 unspecified atom stereocenters. The maximum Gasteiger partial charge on any atom is 0.296 e. The first-order valence-electron chi connectivity index (χ1n) is 5.64. The quantitative estimate of drug-likeness (QED) is 0.704. The van der Waals surface area contributed by atoms with Crippen molar-refractivity contribution in [2.45, 2.75) is 19.9 Å². The fraction of sp³-hybridized carbons (Fsp3) is 0.417. The van der Waals surface area contributed by atoms with Gasteiger partial charge in [-0.25, -0.2) is 0 Å². The summed E-state index contributed by atoms with van der Waals surface area (Å²) in [5.41, 5.74) is 7.68. The van der Waals surface area contributed by atoms with Crippen molar-refractivity contribution >= 4 is 22.8 Å². The largest absolute Gasteiger partial charge is 0.423 e. The van der Waals surface area contributed by atoms with Crippen LogP contribution in [0.4, 0.5) is 11.7 Å². The van der Waals surface area contributed by atoms with E-state index in [0.717, 1.165) is 0 Å². The van der Waals surface area contributed by atoms with Gasteiger partial charge in [0.2, 0.25) is 0 Å². The van der Waals surface area contributed by atoms with Gasteiger partial charge in [-0.2, -0.15) is 4.98 Å². The Bertz CT molecular complexity index is 507. The summed E-state index contributed by atoms with van der Waals surface area (Å²) >= 11 is 0. The average molecular weight is 235 g/mol. The highest BCUT2D eigenvalue weighted by molar-refractivity contribution is 5.86. The second-order valence-electron chi connectivity index (χ2n) is 4.39. The van der Waals surface area contributed by atoms with Crippen LogP contribution in [0.2, 0.25) is 0 Å². The van der Waals surface area contributed by atoms with Crippen LogP contribution in [-0.4, -0.2) is 22.7 Å². The molecular formula is C12H17N3O2. The SMILES string of the molecule is CC(C)[C@@H](CO)Nc1nc2c(N)cccc2o1. The Hall–Kier alpha value is -1.75. The molecule has 0 saturated carbocycles. The molecule has 0 aliphatic rings. The predicted molar refractivity (Wildman–Crippen MR) is 67.8 cm³/mol. The molecule has 1 atom stereocenters. The minimum absolute atomic E-state index is 0.0336. The van der Waals surface area contributed by atoms with Gasteiger partial charge in [-0.1, -0.05) is 19.9 Å². The number of benzene rings is 1. The first-order valence-corrected chi connectivity index (χ1v) is 5.64. The van der Waals surface area contributed by atoms with Crippen molar-refractivity contribution in [3.05, 3.63) is 18.2 Å². The lowest BCUT2D eigenvalue weighted by atomic mass is 10.1. The number of aromatic nitrogens is 1. The topological polar surface area (TPSA) is 84.3 Å². The summed E-state index contributed by atoms with van der Waals surface area (Å²) in [6.45, 7) is 4.07. The maximum absolute atomic E-state index is 9.23. The van der Waals surface area contributed by atoms with Gasteiger partial charge in [0.25, 0.3) is 6.01 Å².